The molecule has 0 unspecified atom stereocenters. The summed E-state index contributed by atoms with van der Waals surface area (Å²) in [7, 11) is 0. The van der Waals surface area contributed by atoms with Crippen LogP contribution < -0.4 is 0 Å². The van der Waals surface area contributed by atoms with Crippen LogP contribution in [0.3, 0.4) is 0 Å². The Hall–Kier alpha value is -2.97. The summed E-state index contributed by atoms with van der Waals surface area (Å²) < 4.78 is 1.08. The van der Waals surface area contributed by atoms with Crippen LogP contribution in [-0.4, -0.2) is 68.6 Å². The second-order valence-electron chi connectivity index (χ2n) is 7.88. The number of amides is 2. The SMILES string of the molecule is O=C(c1ccc(-c2ccc3scnc3c2)c(O)c1)N1CCN(C(=O)C2(O)CC2)CC1. The number of aromatic hydroxyl groups is 1. The Labute approximate surface area is 177 Å². The van der Waals surface area contributed by atoms with Gasteiger partial charge in [0.1, 0.15) is 11.4 Å². The second kappa shape index (κ2) is 7.07. The van der Waals surface area contributed by atoms with Crippen molar-refractivity contribution >= 4 is 33.4 Å². The smallest absolute Gasteiger partial charge is 0.254 e. The van der Waals surface area contributed by atoms with Crippen molar-refractivity contribution in [2.24, 2.45) is 0 Å². The lowest BCUT2D eigenvalue weighted by Gasteiger charge is -2.35. The zero-order chi connectivity index (χ0) is 20.9. The molecule has 0 radical (unpaired) electrons. The highest BCUT2D eigenvalue weighted by Gasteiger charge is 2.50. The Morgan fingerprint density at radius 1 is 1.00 bits per heavy atom. The average Bonchev–Trinajstić information content (AvgIpc) is 3.34. The van der Waals surface area contributed by atoms with Crippen molar-refractivity contribution in [3.05, 3.63) is 47.5 Å². The number of hydrogen-bond donors (Lipinski definition) is 2. The molecule has 2 fully saturated rings. The van der Waals surface area contributed by atoms with Gasteiger partial charge in [-0.2, -0.15) is 0 Å². The van der Waals surface area contributed by atoms with Gasteiger partial charge >= 0.3 is 0 Å². The summed E-state index contributed by atoms with van der Waals surface area (Å²) >= 11 is 1.56. The highest BCUT2D eigenvalue weighted by atomic mass is 32.1. The molecule has 1 aromatic heterocycles. The minimum atomic E-state index is -1.17. The highest BCUT2D eigenvalue weighted by Crippen LogP contribution is 2.37. The highest BCUT2D eigenvalue weighted by molar-refractivity contribution is 7.16. The normalized spacial score (nSPS) is 17.9. The van der Waals surface area contributed by atoms with E-state index < -0.39 is 5.60 Å². The van der Waals surface area contributed by atoms with Crippen molar-refractivity contribution in [3.63, 3.8) is 0 Å². The molecule has 30 heavy (non-hydrogen) atoms. The Kier molecular flexibility index (Phi) is 4.48. The number of fused-ring (bicyclic) bond motifs is 1. The van der Waals surface area contributed by atoms with Crippen LogP contribution in [0.4, 0.5) is 0 Å². The second-order valence-corrected chi connectivity index (χ2v) is 8.77. The fourth-order valence-corrected chi connectivity index (χ4v) is 4.51. The predicted molar refractivity (Wildman–Crippen MR) is 113 cm³/mol. The summed E-state index contributed by atoms with van der Waals surface area (Å²) in [5, 5.41) is 20.6. The number of piperazine rings is 1. The number of nitrogens with zero attached hydrogens (tertiary/aromatic N) is 3. The number of benzene rings is 2. The van der Waals surface area contributed by atoms with E-state index in [0.717, 1.165) is 15.8 Å². The zero-order valence-electron chi connectivity index (χ0n) is 16.2. The van der Waals surface area contributed by atoms with Crippen LogP contribution in [0.25, 0.3) is 21.3 Å². The number of hydrogen-bond acceptors (Lipinski definition) is 6. The number of carbonyl (C=O) groups excluding carboxylic acids is 2. The van der Waals surface area contributed by atoms with E-state index in [1.807, 2.05) is 18.2 Å². The van der Waals surface area contributed by atoms with Crippen molar-refractivity contribution in [2.75, 3.05) is 26.2 Å². The monoisotopic (exact) mass is 423 g/mol. The molecule has 1 saturated carbocycles. The van der Waals surface area contributed by atoms with Gasteiger partial charge in [-0.05, 0) is 48.7 Å². The topological polar surface area (TPSA) is 94.0 Å². The zero-order valence-corrected chi connectivity index (χ0v) is 17.1. The molecule has 0 spiro atoms. The Balaban J connectivity index is 1.29. The van der Waals surface area contributed by atoms with E-state index in [1.165, 1.54) is 6.07 Å². The molecule has 2 amide bonds. The number of aromatic nitrogens is 1. The van der Waals surface area contributed by atoms with Crippen LogP contribution in [0.2, 0.25) is 0 Å². The van der Waals surface area contributed by atoms with Crippen LogP contribution in [0.5, 0.6) is 5.75 Å². The third-order valence-electron chi connectivity index (χ3n) is 5.86. The van der Waals surface area contributed by atoms with Crippen LogP contribution in [0.1, 0.15) is 23.2 Å². The molecule has 3 aromatic rings. The first-order chi connectivity index (χ1) is 14.4. The van der Waals surface area contributed by atoms with E-state index in [4.69, 9.17) is 0 Å². The molecular weight excluding hydrogens is 402 g/mol. The van der Waals surface area contributed by atoms with Gasteiger partial charge in [0.05, 0.1) is 15.7 Å². The summed E-state index contributed by atoms with van der Waals surface area (Å²) in [6.45, 7) is 1.63. The molecule has 0 atom stereocenters. The van der Waals surface area contributed by atoms with Gasteiger partial charge in [-0.15, -0.1) is 11.3 Å². The molecule has 1 aliphatic heterocycles. The Morgan fingerprint density at radius 2 is 1.73 bits per heavy atom. The van der Waals surface area contributed by atoms with Crippen molar-refractivity contribution < 1.29 is 19.8 Å². The fourth-order valence-electron chi connectivity index (χ4n) is 3.86. The first kappa shape index (κ1) is 19.0. The maximum Gasteiger partial charge on any atom is 0.254 e. The Morgan fingerprint density at radius 3 is 2.43 bits per heavy atom. The summed E-state index contributed by atoms with van der Waals surface area (Å²) in [5.74, 6) is -0.363. The molecule has 0 bridgehead atoms. The van der Waals surface area contributed by atoms with Gasteiger partial charge in [-0.1, -0.05) is 6.07 Å². The quantitative estimate of drug-likeness (QED) is 0.675. The molecule has 2 aromatic carbocycles. The van der Waals surface area contributed by atoms with Gasteiger partial charge < -0.3 is 20.0 Å². The summed E-state index contributed by atoms with van der Waals surface area (Å²) in [4.78, 5) is 32.7. The average molecular weight is 423 g/mol. The molecule has 2 aliphatic rings. The lowest BCUT2D eigenvalue weighted by molar-refractivity contribution is -0.143. The molecular formula is C22H21N3O4S. The largest absolute Gasteiger partial charge is 0.507 e. The van der Waals surface area contributed by atoms with E-state index in [2.05, 4.69) is 4.98 Å². The number of carbonyl (C=O) groups is 2. The maximum atomic E-state index is 12.9. The van der Waals surface area contributed by atoms with E-state index in [0.29, 0.717) is 50.1 Å². The summed E-state index contributed by atoms with van der Waals surface area (Å²) in [6, 6.07) is 10.8. The Bertz CT molecular complexity index is 1150. The van der Waals surface area contributed by atoms with Gasteiger partial charge in [-0.25, -0.2) is 4.98 Å². The van der Waals surface area contributed by atoms with E-state index in [9.17, 15) is 19.8 Å². The minimum absolute atomic E-state index is 0.0419. The molecule has 2 heterocycles. The lowest BCUT2D eigenvalue weighted by atomic mass is 10.0. The first-order valence-corrected chi connectivity index (χ1v) is 10.8. The standard InChI is InChI=1S/C22H21N3O4S/c26-18-12-15(1-3-16(18)14-2-4-19-17(11-14)23-13-30-19)20(27)24-7-9-25(10-8-24)21(28)22(29)5-6-22/h1-4,11-13,26,29H,5-10H2. The molecule has 1 saturated heterocycles. The number of thiazole rings is 1. The van der Waals surface area contributed by atoms with Gasteiger partial charge in [0.15, 0.2) is 0 Å². The van der Waals surface area contributed by atoms with Gasteiger partial charge in [0.2, 0.25) is 0 Å². The van der Waals surface area contributed by atoms with E-state index in [-0.39, 0.29) is 17.6 Å². The number of phenols is 1. The van der Waals surface area contributed by atoms with Crippen molar-refractivity contribution in [3.8, 4) is 16.9 Å². The third-order valence-corrected chi connectivity index (χ3v) is 6.67. The molecule has 2 N–H and O–H groups in total. The van der Waals surface area contributed by atoms with Crippen LogP contribution in [-0.2, 0) is 4.79 Å². The fraction of sp³-hybridized carbons (Fsp3) is 0.318. The summed E-state index contributed by atoms with van der Waals surface area (Å²) in [6.07, 6.45) is 1.04. The van der Waals surface area contributed by atoms with E-state index >= 15 is 0 Å². The number of rotatable bonds is 3. The third kappa shape index (κ3) is 3.32. The first-order valence-electron chi connectivity index (χ1n) is 9.92. The molecule has 1 aliphatic carbocycles. The van der Waals surface area contributed by atoms with Crippen molar-refractivity contribution in [1.29, 1.82) is 0 Å². The maximum absolute atomic E-state index is 12.9. The van der Waals surface area contributed by atoms with E-state index in [1.54, 1.807) is 38.8 Å². The lowest BCUT2D eigenvalue weighted by Crippen LogP contribution is -2.53. The van der Waals surface area contributed by atoms with Gasteiger partial charge in [0.25, 0.3) is 11.8 Å². The van der Waals surface area contributed by atoms with Gasteiger partial charge in [0, 0.05) is 37.3 Å². The number of phenolic OH excluding ortho intramolecular Hbond substituents is 1. The summed E-state index contributed by atoms with van der Waals surface area (Å²) in [5.41, 5.74) is 3.39. The van der Waals surface area contributed by atoms with Crippen LogP contribution >= 0.6 is 11.3 Å². The van der Waals surface area contributed by atoms with Crippen LogP contribution in [0.15, 0.2) is 41.9 Å². The predicted octanol–water partition coefficient (Wildman–Crippen LogP) is 2.48. The van der Waals surface area contributed by atoms with Gasteiger partial charge in [-0.3, -0.25) is 9.59 Å². The number of aliphatic hydroxyl groups is 1. The molecule has 7 nitrogen and oxygen atoms in total. The molecule has 8 heteroatoms. The molecule has 5 rings (SSSR count). The van der Waals surface area contributed by atoms with Crippen molar-refractivity contribution in [1.82, 2.24) is 14.8 Å². The van der Waals surface area contributed by atoms with Crippen LogP contribution in [0, 0.1) is 0 Å². The van der Waals surface area contributed by atoms with Crippen molar-refractivity contribution in [2.45, 2.75) is 18.4 Å². The minimum Gasteiger partial charge on any atom is -0.507 e. The molecule has 154 valence electrons.